The number of fused-ring (bicyclic) bond motifs is 1. The molecule has 2 heterocycles. The molecule has 2 aromatic heterocycles. The van der Waals surface area contributed by atoms with Crippen LogP contribution < -0.4 is 10.1 Å². The van der Waals surface area contributed by atoms with E-state index in [-0.39, 0.29) is 18.3 Å². The number of benzene rings is 1. The summed E-state index contributed by atoms with van der Waals surface area (Å²) < 4.78 is 6.97. The van der Waals surface area contributed by atoms with Crippen LogP contribution in [0.1, 0.15) is 35.9 Å². The Bertz CT molecular complexity index is 1090. The number of nitriles is 1. The van der Waals surface area contributed by atoms with Crippen molar-refractivity contribution in [3.05, 3.63) is 53.0 Å². The van der Waals surface area contributed by atoms with Gasteiger partial charge in [-0.3, -0.25) is 9.59 Å². The van der Waals surface area contributed by atoms with Gasteiger partial charge in [-0.1, -0.05) is 0 Å². The molecule has 1 amide bonds. The summed E-state index contributed by atoms with van der Waals surface area (Å²) in [6.07, 6.45) is 2.11. The number of rotatable bonds is 5. The summed E-state index contributed by atoms with van der Waals surface area (Å²) >= 11 is 0. The third-order valence-corrected chi connectivity index (χ3v) is 4.31. The number of aryl methyl sites for hydroxylation is 2. The zero-order valence-corrected chi connectivity index (χ0v) is 15.8. The van der Waals surface area contributed by atoms with Gasteiger partial charge in [0.1, 0.15) is 17.4 Å². The topological polar surface area (TPSA) is 109 Å². The van der Waals surface area contributed by atoms with E-state index in [0.717, 1.165) is 17.0 Å². The molecule has 3 aromatic rings. The summed E-state index contributed by atoms with van der Waals surface area (Å²) in [6.45, 7) is 5.16. The number of anilines is 1. The number of hydrogen-bond acceptors (Lipinski definition) is 6. The van der Waals surface area contributed by atoms with Crippen molar-refractivity contribution < 1.29 is 14.3 Å². The number of carbonyl (C=O) groups excluding carboxylic acids is 2. The number of carbonyl (C=O) groups is 2. The zero-order chi connectivity index (χ0) is 20.3. The molecule has 0 saturated heterocycles. The van der Waals surface area contributed by atoms with E-state index in [1.807, 2.05) is 13.8 Å². The quantitative estimate of drug-likeness (QED) is 0.541. The van der Waals surface area contributed by atoms with E-state index >= 15 is 0 Å². The molecule has 142 valence electrons. The normalized spacial score (nSPS) is 10.5. The lowest BCUT2D eigenvalue weighted by atomic mass is 10.1. The Kier molecular flexibility index (Phi) is 5.36. The Morgan fingerprint density at radius 3 is 2.61 bits per heavy atom. The fourth-order valence-electron chi connectivity index (χ4n) is 2.97. The van der Waals surface area contributed by atoms with Crippen LogP contribution in [0.4, 0.5) is 5.69 Å². The molecule has 0 radical (unpaired) electrons. The first-order chi connectivity index (χ1) is 13.4. The van der Waals surface area contributed by atoms with Gasteiger partial charge in [-0.2, -0.15) is 10.4 Å². The average molecular weight is 377 g/mol. The first kappa shape index (κ1) is 19.0. The van der Waals surface area contributed by atoms with Crippen molar-refractivity contribution in [1.29, 1.82) is 5.26 Å². The molecule has 0 aliphatic carbocycles. The van der Waals surface area contributed by atoms with Crippen molar-refractivity contribution in [2.45, 2.75) is 33.6 Å². The van der Waals surface area contributed by atoms with E-state index in [1.165, 1.54) is 13.1 Å². The number of amides is 1. The van der Waals surface area contributed by atoms with Crippen LogP contribution in [0.15, 0.2) is 30.5 Å². The standard InChI is InChI=1S/C20H19N5O3/c1-12-18(13(2)25-20(23-12)15(10-21)11-22-25)8-9-19(27)28-17-6-4-16(5-7-17)24-14(3)26/h4-7,11H,8-9H2,1-3H3,(H,24,26). The Labute approximate surface area is 161 Å². The molecule has 1 aromatic carbocycles. The molecule has 0 bridgehead atoms. The highest BCUT2D eigenvalue weighted by Crippen LogP contribution is 2.20. The fraction of sp³-hybridized carbons (Fsp3) is 0.250. The van der Waals surface area contributed by atoms with E-state index < -0.39 is 0 Å². The van der Waals surface area contributed by atoms with Crippen LogP contribution >= 0.6 is 0 Å². The molecule has 8 heteroatoms. The van der Waals surface area contributed by atoms with Gasteiger partial charge in [0.15, 0.2) is 5.65 Å². The summed E-state index contributed by atoms with van der Waals surface area (Å²) in [5, 5.41) is 16.0. The summed E-state index contributed by atoms with van der Waals surface area (Å²) in [6, 6.07) is 8.66. The molecule has 0 atom stereocenters. The maximum Gasteiger partial charge on any atom is 0.311 e. The highest BCUT2D eigenvalue weighted by molar-refractivity contribution is 5.88. The van der Waals surface area contributed by atoms with Gasteiger partial charge in [0.25, 0.3) is 0 Å². The van der Waals surface area contributed by atoms with Crippen LogP contribution in [0.5, 0.6) is 5.75 Å². The van der Waals surface area contributed by atoms with Crippen LogP contribution in [0.25, 0.3) is 5.65 Å². The lowest BCUT2D eigenvalue weighted by molar-refractivity contribution is -0.134. The van der Waals surface area contributed by atoms with Crippen molar-refractivity contribution >= 4 is 23.2 Å². The first-order valence-electron chi connectivity index (χ1n) is 8.71. The monoisotopic (exact) mass is 377 g/mol. The summed E-state index contributed by atoms with van der Waals surface area (Å²) in [4.78, 5) is 27.7. The van der Waals surface area contributed by atoms with Crippen molar-refractivity contribution in [2.75, 3.05) is 5.32 Å². The van der Waals surface area contributed by atoms with Gasteiger partial charge >= 0.3 is 5.97 Å². The molecular weight excluding hydrogens is 358 g/mol. The van der Waals surface area contributed by atoms with Crippen LogP contribution in [0, 0.1) is 25.2 Å². The smallest absolute Gasteiger partial charge is 0.311 e. The largest absolute Gasteiger partial charge is 0.427 e. The Balaban J connectivity index is 1.68. The predicted octanol–water partition coefficient (Wildman–Crippen LogP) is 2.71. The SMILES string of the molecule is CC(=O)Nc1ccc(OC(=O)CCc2c(C)nc3c(C#N)cnn3c2C)cc1. The van der Waals surface area contributed by atoms with Crippen LogP contribution in [0.2, 0.25) is 0 Å². The second-order valence-electron chi connectivity index (χ2n) is 6.35. The van der Waals surface area contributed by atoms with E-state index in [9.17, 15) is 9.59 Å². The lowest BCUT2D eigenvalue weighted by Crippen LogP contribution is -2.12. The fourth-order valence-corrected chi connectivity index (χ4v) is 2.97. The van der Waals surface area contributed by atoms with Crippen molar-refractivity contribution in [3.63, 3.8) is 0 Å². The van der Waals surface area contributed by atoms with E-state index in [4.69, 9.17) is 10.00 Å². The molecular formula is C20H19N5O3. The molecule has 0 saturated carbocycles. The number of esters is 1. The van der Waals surface area contributed by atoms with Crippen molar-refractivity contribution in [3.8, 4) is 11.8 Å². The maximum atomic E-state index is 12.2. The third-order valence-electron chi connectivity index (χ3n) is 4.31. The van der Waals surface area contributed by atoms with Gasteiger partial charge < -0.3 is 10.1 Å². The van der Waals surface area contributed by atoms with E-state index in [2.05, 4.69) is 21.5 Å². The van der Waals surface area contributed by atoms with E-state index in [0.29, 0.717) is 29.1 Å². The second-order valence-corrected chi connectivity index (χ2v) is 6.35. The number of aromatic nitrogens is 3. The van der Waals surface area contributed by atoms with Gasteiger partial charge in [0.2, 0.25) is 5.91 Å². The number of nitrogens with zero attached hydrogens (tertiary/aromatic N) is 4. The summed E-state index contributed by atoms with van der Waals surface area (Å²) in [7, 11) is 0. The Morgan fingerprint density at radius 1 is 1.25 bits per heavy atom. The molecule has 1 N–H and O–H groups in total. The van der Waals surface area contributed by atoms with E-state index in [1.54, 1.807) is 28.8 Å². The van der Waals surface area contributed by atoms with Crippen LogP contribution in [-0.2, 0) is 16.0 Å². The average Bonchev–Trinajstić information content (AvgIpc) is 3.05. The van der Waals surface area contributed by atoms with Gasteiger partial charge in [-0.05, 0) is 50.1 Å². The molecule has 3 rings (SSSR count). The maximum absolute atomic E-state index is 12.2. The first-order valence-corrected chi connectivity index (χ1v) is 8.71. The van der Waals surface area contributed by atoms with Gasteiger partial charge in [-0.25, -0.2) is 9.50 Å². The Morgan fingerprint density at radius 2 is 1.96 bits per heavy atom. The highest BCUT2D eigenvalue weighted by atomic mass is 16.5. The Hall–Kier alpha value is -3.73. The van der Waals surface area contributed by atoms with Crippen molar-refractivity contribution in [1.82, 2.24) is 14.6 Å². The zero-order valence-electron chi connectivity index (χ0n) is 15.8. The molecule has 0 aliphatic rings. The summed E-state index contributed by atoms with van der Waals surface area (Å²) in [5.41, 5.74) is 4.07. The number of hydrogen-bond donors (Lipinski definition) is 1. The van der Waals surface area contributed by atoms with Crippen LogP contribution in [0.3, 0.4) is 0 Å². The van der Waals surface area contributed by atoms with Gasteiger partial charge in [0.05, 0.1) is 12.6 Å². The molecule has 0 spiro atoms. The van der Waals surface area contributed by atoms with Crippen molar-refractivity contribution in [2.24, 2.45) is 0 Å². The van der Waals surface area contributed by atoms with Gasteiger partial charge in [0, 0.05) is 24.0 Å². The number of nitrogens with one attached hydrogen (secondary N) is 1. The predicted molar refractivity (Wildman–Crippen MR) is 102 cm³/mol. The minimum absolute atomic E-state index is 0.167. The second kappa shape index (κ2) is 7.88. The molecule has 28 heavy (non-hydrogen) atoms. The summed E-state index contributed by atoms with van der Waals surface area (Å²) in [5.74, 6) is -0.128. The third kappa shape index (κ3) is 3.99. The number of ether oxygens (including phenoxy) is 1. The highest BCUT2D eigenvalue weighted by Gasteiger charge is 2.15. The molecule has 8 nitrogen and oxygen atoms in total. The van der Waals surface area contributed by atoms with Gasteiger partial charge in [-0.15, -0.1) is 0 Å². The molecule has 0 aliphatic heterocycles. The van der Waals surface area contributed by atoms with Crippen LogP contribution in [-0.4, -0.2) is 26.5 Å². The minimum atomic E-state index is -0.371. The minimum Gasteiger partial charge on any atom is -0.427 e. The lowest BCUT2D eigenvalue weighted by Gasteiger charge is -2.11. The molecule has 0 fully saturated rings. The molecule has 0 unspecified atom stereocenters.